The number of hydrogen-bond acceptors (Lipinski definition) is 8. The molecule has 1 atom stereocenters. The van der Waals surface area contributed by atoms with Crippen LogP contribution in [0.4, 0.5) is 17.5 Å². The molecule has 0 fully saturated rings. The van der Waals surface area contributed by atoms with Gasteiger partial charge in [0.15, 0.2) is 0 Å². The minimum absolute atomic E-state index is 0.0482. The van der Waals surface area contributed by atoms with Crippen molar-refractivity contribution in [2.75, 3.05) is 37.5 Å². The van der Waals surface area contributed by atoms with Gasteiger partial charge < -0.3 is 20.5 Å². The van der Waals surface area contributed by atoms with Crippen molar-refractivity contribution >= 4 is 17.5 Å². The summed E-state index contributed by atoms with van der Waals surface area (Å²) in [6.07, 6.45) is 1.12. The number of hydrogen-bond donors (Lipinski definition) is 3. The van der Waals surface area contributed by atoms with Crippen molar-refractivity contribution in [3.8, 4) is 0 Å². The van der Waals surface area contributed by atoms with Crippen LogP contribution >= 0.6 is 0 Å². The number of nitrogens with zero attached hydrogens (tertiary/aromatic N) is 3. The highest BCUT2D eigenvalue weighted by molar-refractivity contribution is 5.57. The first-order chi connectivity index (χ1) is 9.12. The normalized spacial score (nSPS) is 11.9. The Labute approximate surface area is 110 Å². The molecule has 1 heterocycles. The fourth-order valence-electron chi connectivity index (χ4n) is 1.39. The van der Waals surface area contributed by atoms with Crippen LogP contribution in [-0.2, 0) is 4.74 Å². The summed E-state index contributed by atoms with van der Waals surface area (Å²) in [4.78, 5) is 18.1. The number of aliphatic hydroxyl groups excluding tert-OH is 1. The molecule has 106 valence electrons. The molecular formula is C10H17N5O4. The van der Waals surface area contributed by atoms with E-state index in [9.17, 15) is 10.1 Å². The van der Waals surface area contributed by atoms with E-state index in [2.05, 4.69) is 20.6 Å². The summed E-state index contributed by atoms with van der Waals surface area (Å²) in [5, 5.41) is 25.7. The predicted molar refractivity (Wildman–Crippen MR) is 69.2 cm³/mol. The Kier molecular flexibility index (Phi) is 5.90. The summed E-state index contributed by atoms with van der Waals surface area (Å²) in [5.74, 6) is 0.330. The Morgan fingerprint density at radius 1 is 1.63 bits per heavy atom. The van der Waals surface area contributed by atoms with Gasteiger partial charge in [0.05, 0.1) is 24.2 Å². The molecule has 1 unspecified atom stereocenters. The maximum absolute atomic E-state index is 10.9. The van der Waals surface area contributed by atoms with Crippen molar-refractivity contribution < 1.29 is 14.8 Å². The smallest absolute Gasteiger partial charge is 0.329 e. The largest absolute Gasteiger partial charge is 0.394 e. The highest BCUT2D eigenvalue weighted by Crippen LogP contribution is 2.22. The first-order valence-corrected chi connectivity index (χ1v) is 5.74. The molecule has 1 aromatic heterocycles. The van der Waals surface area contributed by atoms with Crippen LogP contribution in [0.1, 0.15) is 6.92 Å². The Morgan fingerprint density at radius 2 is 2.37 bits per heavy atom. The number of aromatic nitrogens is 2. The van der Waals surface area contributed by atoms with Crippen molar-refractivity contribution in [2.45, 2.75) is 13.0 Å². The average Bonchev–Trinajstić information content (AvgIpc) is 2.38. The van der Waals surface area contributed by atoms with Gasteiger partial charge in [-0.15, -0.1) is 0 Å². The number of aliphatic hydroxyl groups is 1. The van der Waals surface area contributed by atoms with Gasteiger partial charge in [-0.1, -0.05) is 0 Å². The van der Waals surface area contributed by atoms with Gasteiger partial charge in [-0.05, 0) is 6.92 Å². The maximum Gasteiger partial charge on any atom is 0.329 e. The molecule has 0 amide bonds. The van der Waals surface area contributed by atoms with E-state index < -0.39 is 11.0 Å². The molecule has 9 nitrogen and oxygen atoms in total. The van der Waals surface area contributed by atoms with E-state index in [-0.39, 0.29) is 30.7 Å². The van der Waals surface area contributed by atoms with Crippen LogP contribution in [0.5, 0.6) is 0 Å². The fourth-order valence-corrected chi connectivity index (χ4v) is 1.39. The zero-order chi connectivity index (χ0) is 14.3. The molecule has 19 heavy (non-hydrogen) atoms. The van der Waals surface area contributed by atoms with Crippen LogP contribution in [0.3, 0.4) is 0 Å². The van der Waals surface area contributed by atoms with Gasteiger partial charge in [0.1, 0.15) is 6.20 Å². The van der Waals surface area contributed by atoms with Crippen molar-refractivity contribution in [2.24, 2.45) is 0 Å². The molecule has 0 aliphatic heterocycles. The lowest BCUT2D eigenvalue weighted by molar-refractivity contribution is -0.384. The monoisotopic (exact) mass is 271 g/mol. The third kappa shape index (κ3) is 4.30. The van der Waals surface area contributed by atoms with Crippen molar-refractivity contribution in [3.05, 3.63) is 16.3 Å². The highest BCUT2D eigenvalue weighted by Gasteiger charge is 2.20. The van der Waals surface area contributed by atoms with E-state index in [1.165, 1.54) is 7.11 Å². The van der Waals surface area contributed by atoms with E-state index >= 15 is 0 Å². The number of rotatable bonds is 8. The van der Waals surface area contributed by atoms with Gasteiger partial charge in [0.2, 0.25) is 11.8 Å². The van der Waals surface area contributed by atoms with Crippen LogP contribution < -0.4 is 10.6 Å². The topological polar surface area (TPSA) is 122 Å². The molecule has 9 heteroatoms. The second kappa shape index (κ2) is 7.44. The lowest BCUT2D eigenvalue weighted by atomic mass is 10.3. The van der Waals surface area contributed by atoms with Crippen molar-refractivity contribution in [3.63, 3.8) is 0 Å². The molecule has 0 aromatic carbocycles. The van der Waals surface area contributed by atoms with Crippen molar-refractivity contribution in [1.29, 1.82) is 0 Å². The van der Waals surface area contributed by atoms with Gasteiger partial charge in [-0.25, -0.2) is 4.98 Å². The summed E-state index contributed by atoms with van der Waals surface area (Å²) in [6.45, 7) is 2.43. The molecule has 0 saturated carbocycles. The minimum Gasteiger partial charge on any atom is -0.394 e. The lowest BCUT2D eigenvalue weighted by Gasteiger charge is -2.16. The van der Waals surface area contributed by atoms with Crippen LogP contribution in [0.15, 0.2) is 6.20 Å². The van der Waals surface area contributed by atoms with Gasteiger partial charge >= 0.3 is 5.69 Å². The summed E-state index contributed by atoms with van der Waals surface area (Å²) >= 11 is 0. The lowest BCUT2D eigenvalue weighted by Crippen LogP contribution is -2.29. The Bertz CT molecular complexity index is 428. The zero-order valence-corrected chi connectivity index (χ0v) is 10.8. The van der Waals surface area contributed by atoms with Gasteiger partial charge in [0, 0.05) is 13.7 Å². The summed E-state index contributed by atoms with van der Waals surface area (Å²) in [7, 11) is 1.47. The SMILES string of the molecule is CCNc1ncc([N+](=O)[O-])c(NC(CO)COC)n1. The predicted octanol–water partition coefficient (Wildman–Crippen LogP) is 0.236. The van der Waals surface area contributed by atoms with Crippen LogP contribution in [0, 0.1) is 10.1 Å². The molecule has 1 rings (SSSR count). The van der Waals surface area contributed by atoms with E-state index in [4.69, 9.17) is 9.84 Å². The second-order valence-corrected chi connectivity index (χ2v) is 3.69. The zero-order valence-electron chi connectivity index (χ0n) is 10.8. The van der Waals surface area contributed by atoms with E-state index in [1.807, 2.05) is 6.92 Å². The number of nitrogens with one attached hydrogen (secondary N) is 2. The molecule has 3 N–H and O–H groups in total. The first kappa shape index (κ1) is 15.1. The third-order valence-electron chi connectivity index (χ3n) is 2.23. The summed E-state index contributed by atoms with van der Waals surface area (Å²) in [6, 6.07) is -0.479. The number of nitro groups is 1. The second-order valence-electron chi connectivity index (χ2n) is 3.69. The third-order valence-corrected chi connectivity index (χ3v) is 2.23. The maximum atomic E-state index is 10.9. The van der Waals surface area contributed by atoms with Gasteiger partial charge in [0.25, 0.3) is 0 Å². The molecule has 1 aromatic rings. The van der Waals surface area contributed by atoms with Crippen LogP contribution in [-0.4, -0.2) is 52.9 Å². The number of anilines is 2. The number of methoxy groups -OCH3 is 1. The quantitative estimate of drug-likeness (QED) is 0.454. The van der Waals surface area contributed by atoms with E-state index in [0.717, 1.165) is 6.20 Å². The molecule has 0 aliphatic carbocycles. The Hall–Kier alpha value is -2.00. The van der Waals surface area contributed by atoms with E-state index in [1.54, 1.807) is 0 Å². The molecule has 0 spiro atoms. The highest BCUT2D eigenvalue weighted by atomic mass is 16.6. The molecule has 0 aliphatic rings. The van der Waals surface area contributed by atoms with Crippen LogP contribution in [0.2, 0.25) is 0 Å². The minimum atomic E-state index is -0.584. The van der Waals surface area contributed by atoms with Gasteiger partial charge in [-0.3, -0.25) is 10.1 Å². The Morgan fingerprint density at radius 3 is 2.89 bits per heavy atom. The number of ether oxygens (including phenoxy) is 1. The molecule has 0 bridgehead atoms. The molecule has 0 saturated heterocycles. The Balaban J connectivity index is 2.99. The molecule has 0 radical (unpaired) electrons. The van der Waals surface area contributed by atoms with Crippen LogP contribution in [0.25, 0.3) is 0 Å². The first-order valence-electron chi connectivity index (χ1n) is 5.74. The standard InChI is InChI=1S/C10H17N5O4/c1-3-11-10-12-4-8(15(17)18)9(14-10)13-7(5-16)6-19-2/h4,7,16H,3,5-6H2,1-2H3,(H2,11,12,13,14). The van der Waals surface area contributed by atoms with Gasteiger partial charge in [-0.2, -0.15) is 4.98 Å². The average molecular weight is 271 g/mol. The molecular weight excluding hydrogens is 254 g/mol. The van der Waals surface area contributed by atoms with E-state index in [0.29, 0.717) is 6.54 Å². The summed E-state index contributed by atoms with van der Waals surface area (Å²) in [5.41, 5.74) is -0.254. The summed E-state index contributed by atoms with van der Waals surface area (Å²) < 4.78 is 4.89. The fraction of sp³-hybridized carbons (Fsp3) is 0.600. The van der Waals surface area contributed by atoms with Crippen molar-refractivity contribution in [1.82, 2.24) is 9.97 Å².